The zero-order valence-electron chi connectivity index (χ0n) is 25.1. The fourth-order valence-corrected chi connectivity index (χ4v) is 5.37. The van der Waals surface area contributed by atoms with Gasteiger partial charge in [-0.15, -0.1) is 47.5 Å². The third-order valence-corrected chi connectivity index (χ3v) is 7.71. The predicted octanol–water partition coefficient (Wildman–Crippen LogP) is 8.73. The van der Waals surface area contributed by atoms with Gasteiger partial charge in [0.2, 0.25) is 0 Å². The molecule has 0 unspecified atom stereocenters. The Morgan fingerprint density at radius 2 is 1.71 bits per heavy atom. The molecule has 0 bridgehead atoms. The van der Waals surface area contributed by atoms with Gasteiger partial charge in [0.25, 0.3) is 0 Å². The first-order valence-electron chi connectivity index (χ1n) is 14.1. The SMILES string of the molecule is Cc1ccc2c(c1)c1ccc(-c3cc(C(C)(C)C)ccn3)[c-]c1n2-c1[c-]c(C2=NC(C)(C)CO2)cc(C(C)C)c1.[Pt+2]. The summed E-state index contributed by atoms with van der Waals surface area (Å²) in [6.45, 7) is 18.0. The number of benzene rings is 3. The van der Waals surface area contributed by atoms with Gasteiger partial charge in [-0.2, -0.15) is 0 Å². The van der Waals surface area contributed by atoms with E-state index in [1.807, 2.05) is 6.20 Å². The van der Waals surface area contributed by atoms with Crippen molar-refractivity contribution >= 4 is 27.7 Å². The molecule has 4 nitrogen and oxygen atoms in total. The molecule has 0 spiro atoms. The molecule has 3 heterocycles. The minimum Gasteiger partial charge on any atom is -0.518 e. The summed E-state index contributed by atoms with van der Waals surface area (Å²) in [5, 5.41) is 2.37. The summed E-state index contributed by atoms with van der Waals surface area (Å²) in [6, 6.07) is 27.2. The van der Waals surface area contributed by atoms with Crippen LogP contribution < -0.4 is 0 Å². The van der Waals surface area contributed by atoms with Crippen LogP contribution in [-0.2, 0) is 31.2 Å². The smallest absolute Gasteiger partial charge is 0.518 e. The Morgan fingerprint density at radius 1 is 0.927 bits per heavy atom. The van der Waals surface area contributed by atoms with Crippen LogP contribution in [-0.4, -0.2) is 27.6 Å². The zero-order chi connectivity index (χ0) is 28.4. The van der Waals surface area contributed by atoms with Crippen molar-refractivity contribution in [1.82, 2.24) is 9.55 Å². The Hall–Kier alpha value is -3.23. The Labute approximate surface area is 258 Å². The molecule has 0 saturated carbocycles. The standard InChI is InChI=1S/C36H37N3O.Pt/c1-22(2)25-16-26(34-38-36(7,8)21-40-34)18-28(17-25)39-32-12-9-23(3)15-30(32)29-11-10-24(19-33(29)39)31-20-27(13-14-37-31)35(4,5)6;/h9-17,20,22H,21H2,1-8H3;/q-2;+2. The van der Waals surface area contributed by atoms with Gasteiger partial charge in [0, 0.05) is 11.7 Å². The first-order chi connectivity index (χ1) is 18.9. The number of aryl methyl sites for hydroxylation is 1. The van der Waals surface area contributed by atoms with Crippen LogP contribution in [0.4, 0.5) is 0 Å². The van der Waals surface area contributed by atoms with Crippen LogP contribution in [0.15, 0.2) is 65.8 Å². The number of aliphatic imine (C=N–C) groups is 1. The van der Waals surface area contributed by atoms with Crippen LogP contribution in [0.1, 0.15) is 76.6 Å². The average molecular weight is 723 g/mol. The van der Waals surface area contributed by atoms with Crippen molar-refractivity contribution in [3.8, 4) is 16.9 Å². The first kappa shape index (κ1) is 29.3. The maximum atomic E-state index is 6.06. The van der Waals surface area contributed by atoms with E-state index >= 15 is 0 Å². The summed E-state index contributed by atoms with van der Waals surface area (Å²) in [6.07, 6.45) is 1.91. The summed E-state index contributed by atoms with van der Waals surface area (Å²) < 4.78 is 8.35. The van der Waals surface area contributed by atoms with Crippen LogP contribution in [0, 0.1) is 19.1 Å². The van der Waals surface area contributed by atoms with Gasteiger partial charge in [0.05, 0.1) is 5.54 Å². The fourth-order valence-electron chi connectivity index (χ4n) is 5.37. The van der Waals surface area contributed by atoms with E-state index in [2.05, 4.69) is 127 Å². The van der Waals surface area contributed by atoms with Gasteiger partial charge >= 0.3 is 21.1 Å². The maximum Gasteiger partial charge on any atom is 2.00 e. The normalized spacial score (nSPS) is 14.8. The molecule has 1 aliphatic heterocycles. The Balaban J connectivity index is 0.00000337. The molecule has 0 N–H and O–H groups in total. The van der Waals surface area contributed by atoms with Gasteiger partial charge in [-0.25, -0.2) is 0 Å². The average Bonchev–Trinajstić information content (AvgIpc) is 3.44. The largest absolute Gasteiger partial charge is 2.00 e. The Morgan fingerprint density at radius 3 is 2.39 bits per heavy atom. The third kappa shape index (κ3) is 5.52. The number of rotatable bonds is 4. The van der Waals surface area contributed by atoms with Gasteiger partial charge < -0.3 is 14.3 Å². The van der Waals surface area contributed by atoms with E-state index in [0.29, 0.717) is 18.4 Å². The molecule has 0 fully saturated rings. The van der Waals surface area contributed by atoms with E-state index in [1.165, 1.54) is 22.1 Å². The maximum absolute atomic E-state index is 6.06. The second kappa shape index (κ2) is 10.6. The third-order valence-electron chi connectivity index (χ3n) is 7.71. The number of hydrogen-bond donors (Lipinski definition) is 0. The number of ether oxygens (including phenoxy) is 1. The molecule has 5 aromatic rings. The van der Waals surface area contributed by atoms with E-state index in [1.54, 1.807) is 0 Å². The molecule has 1 aliphatic rings. The summed E-state index contributed by atoms with van der Waals surface area (Å²) in [5.74, 6) is 1.000. The molecule has 5 heteroatoms. The van der Waals surface area contributed by atoms with Gasteiger partial charge in [-0.3, -0.25) is 4.99 Å². The number of nitrogens with zero attached hydrogens (tertiary/aromatic N) is 3. The fraction of sp³-hybridized carbons (Fsp3) is 0.333. The Bertz CT molecular complexity index is 1800. The van der Waals surface area contributed by atoms with Crippen molar-refractivity contribution in [3.63, 3.8) is 0 Å². The summed E-state index contributed by atoms with van der Waals surface area (Å²) in [5.41, 5.74) is 9.41. The number of aromatic nitrogens is 2. The van der Waals surface area contributed by atoms with E-state index in [0.717, 1.165) is 38.9 Å². The Kier molecular flexibility index (Phi) is 7.53. The molecule has 0 atom stereocenters. The van der Waals surface area contributed by atoms with Crippen LogP contribution in [0.3, 0.4) is 0 Å². The van der Waals surface area contributed by atoms with Crippen molar-refractivity contribution in [1.29, 1.82) is 0 Å². The second-order valence-corrected chi connectivity index (χ2v) is 13.1. The number of fused-ring (bicyclic) bond motifs is 3. The zero-order valence-corrected chi connectivity index (χ0v) is 27.4. The van der Waals surface area contributed by atoms with Crippen molar-refractivity contribution in [3.05, 3.63) is 95.2 Å². The molecule has 0 aliphatic carbocycles. The quantitative estimate of drug-likeness (QED) is 0.174. The van der Waals surface area contributed by atoms with Gasteiger partial charge in [0.1, 0.15) is 12.5 Å². The molecular formula is C36H37N3OPt. The molecule has 41 heavy (non-hydrogen) atoms. The van der Waals surface area contributed by atoms with E-state index in [4.69, 9.17) is 14.7 Å². The van der Waals surface area contributed by atoms with Gasteiger partial charge in [0.15, 0.2) is 0 Å². The van der Waals surface area contributed by atoms with Gasteiger partial charge in [-0.05, 0) is 72.1 Å². The molecular weight excluding hydrogens is 685 g/mol. The van der Waals surface area contributed by atoms with Crippen molar-refractivity contribution in [2.45, 2.75) is 72.3 Å². The van der Waals surface area contributed by atoms with Crippen molar-refractivity contribution < 1.29 is 25.8 Å². The van der Waals surface area contributed by atoms with Crippen LogP contribution >= 0.6 is 0 Å². The molecule has 0 saturated heterocycles. The topological polar surface area (TPSA) is 39.4 Å². The van der Waals surface area contributed by atoms with Crippen LogP contribution in [0.5, 0.6) is 0 Å². The molecule has 212 valence electrons. The first-order valence-corrected chi connectivity index (χ1v) is 14.1. The minimum absolute atomic E-state index is 0. The molecule has 6 rings (SSSR count). The monoisotopic (exact) mass is 722 g/mol. The molecule has 0 radical (unpaired) electrons. The number of hydrogen-bond acceptors (Lipinski definition) is 3. The molecule has 2 aromatic heterocycles. The minimum atomic E-state index is -0.237. The van der Waals surface area contributed by atoms with Gasteiger partial charge in [-0.1, -0.05) is 69.3 Å². The number of pyridine rings is 1. The van der Waals surface area contributed by atoms with E-state index in [-0.39, 0.29) is 32.0 Å². The van der Waals surface area contributed by atoms with E-state index in [9.17, 15) is 0 Å². The predicted molar refractivity (Wildman–Crippen MR) is 166 cm³/mol. The van der Waals surface area contributed by atoms with Crippen molar-refractivity contribution in [2.75, 3.05) is 6.61 Å². The second-order valence-electron chi connectivity index (χ2n) is 13.1. The van der Waals surface area contributed by atoms with Crippen LogP contribution in [0.2, 0.25) is 0 Å². The molecule has 0 amide bonds. The summed E-state index contributed by atoms with van der Waals surface area (Å²) in [4.78, 5) is 9.61. The molecule has 3 aromatic carbocycles. The van der Waals surface area contributed by atoms with Crippen molar-refractivity contribution in [2.24, 2.45) is 4.99 Å². The van der Waals surface area contributed by atoms with Crippen LogP contribution in [0.25, 0.3) is 38.8 Å². The summed E-state index contributed by atoms with van der Waals surface area (Å²) >= 11 is 0. The van der Waals surface area contributed by atoms with E-state index < -0.39 is 0 Å². The summed E-state index contributed by atoms with van der Waals surface area (Å²) in [7, 11) is 0.